The molecule has 2 nitrogen and oxygen atoms in total. The molecule has 1 rings (SSSR count). The summed E-state index contributed by atoms with van der Waals surface area (Å²) in [5, 5.41) is 0. The van der Waals surface area contributed by atoms with Crippen LogP contribution in [0.5, 0.6) is 5.75 Å². The molecule has 0 aliphatic heterocycles. The van der Waals surface area contributed by atoms with Gasteiger partial charge in [-0.05, 0) is 6.92 Å². The third kappa shape index (κ3) is 4.39. The second-order valence-electron chi connectivity index (χ2n) is 2.89. The van der Waals surface area contributed by atoms with Crippen LogP contribution >= 0.6 is 12.4 Å². The lowest BCUT2D eigenvalue weighted by atomic mass is 10.3. The summed E-state index contributed by atoms with van der Waals surface area (Å²) in [6, 6.07) is 2.86. The maximum absolute atomic E-state index is 12.6. The van der Waals surface area contributed by atoms with Crippen LogP contribution in [0.3, 0.4) is 0 Å². The zero-order valence-electron chi connectivity index (χ0n) is 7.67. The molecule has 14 heavy (non-hydrogen) atoms. The van der Waals surface area contributed by atoms with Crippen molar-refractivity contribution in [3.05, 3.63) is 29.8 Å². The minimum atomic E-state index is -0.653. The second kappa shape index (κ2) is 5.78. The molecule has 5 heteroatoms. The van der Waals surface area contributed by atoms with Crippen molar-refractivity contribution in [2.75, 3.05) is 6.61 Å². The highest BCUT2D eigenvalue weighted by Crippen LogP contribution is 2.15. The molecule has 1 atom stereocenters. The van der Waals surface area contributed by atoms with E-state index in [-0.39, 0.29) is 30.8 Å². The Morgan fingerprint density at radius 3 is 2.21 bits per heavy atom. The molecule has 0 bridgehead atoms. The molecule has 0 amide bonds. The number of ether oxygens (including phenoxy) is 1. The molecule has 0 saturated carbocycles. The molecule has 0 aliphatic rings. The fourth-order valence-corrected chi connectivity index (χ4v) is 0.840. The molecule has 2 N–H and O–H groups in total. The molecule has 80 valence electrons. The van der Waals surface area contributed by atoms with E-state index in [0.717, 1.165) is 18.2 Å². The van der Waals surface area contributed by atoms with Gasteiger partial charge in [-0.15, -0.1) is 12.4 Å². The highest BCUT2D eigenvalue weighted by Gasteiger charge is 2.02. The van der Waals surface area contributed by atoms with Gasteiger partial charge in [0.1, 0.15) is 24.0 Å². The second-order valence-corrected chi connectivity index (χ2v) is 2.89. The van der Waals surface area contributed by atoms with Crippen LogP contribution in [0.1, 0.15) is 6.92 Å². The van der Waals surface area contributed by atoms with Crippen molar-refractivity contribution in [1.82, 2.24) is 0 Å². The molecular weight excluding hydrogens is 212 g/mol. The third-order valence-electron chi connectivity index (χ3n) is 1.35. The maximum atomic E-state index is 12.6. The summed E-state index contributed by atoms with van der Waals surface area (Å²) >= 11 is 0. The highest BCUT2D eigenvalue weighted by molar-refractivity contribution is 5.85. The fourth-order valence-electron chi connectivity index (χ4n) is 0.840. The van der Waals surface area contributed by atoms with E-state index in [4.69, 9.17) is 10.5 Å². The first-order chi connectivity index (χ1) is 6.08. The van der Waals surface area contributed by atoms with E-state index in [0.29, 0.717) is 0 Å². The van der Waals surface area contributed by atoms with E-state index in [2.05, 4.69) is 0 Å². The summed E-state index contributed by atoms with van der Waals surface area (Å²) in [7, 11) is 0. The number of hydrogen-bond acceptors (Lipinski definition) is 2. The zero-order chi connectivity index (χ0) is 9.84. The molecule has 0 radical (unpaired) electrons. The molecule has 0 saturated heterocycles. The largest absolute Gasteiger partial charge is 0.492 e. The number of benzene rings is 1. The molecule has 0 aromatic heterocycles. The molecule has 0 fully saturated rings. The monoisotopic (exact) mass is 223 g/mol. The van der Waals surface area contributed by atoms with Crippen LogP contribution < -0.4 is 10.5 Å². The van der Waals surface area contributed by atoms with Gasteiger partial charge in [-0.25, -0.2) is 8.78 Å². The van der Waals surface area contributed by atoms with E-state index in [1.165, 1.54) is 0 Å². The molecule has 1 aromatic rings. The molecule has 1 unspecified atom stereocenters. The van der Waals surface area contributed by atoms with Crippen molar-refractivity contribution >= 4 is 12.4 Å². The quantitative estimate of drug-likeness (QED) is 0.852. The first-order valence-corrected chi connectivity index (χ1v) is 3.92. The molecule has 0 heterocycles. The van der Waals surface area contributed by atoms with Crippen molar-refractivity contribution < 1.29 is 13.5 Å². The van der Waals surface area contributed by atoms with Crippen molar-refractivity contribution in [3.63, 3.8) is 0 Å². The van der Waals surface area contributed by atoms with Gasteiger partial charge in [0.25, 0.3) is 0 Å². The predicted molar refractivity (Wildman–Crippen MR) is 52.8 cm³/mol. The number of rotatable bonds is 3. The van der Waals surface area contributed by atoms with Crippen LogP contribution in [0, 0.1) is 11.6 Å². The van der Waals surface area contributed by atoms with E-state index in [1.54, 1.807) is 6.92 Å². The van der Waals surface area contributed by atoms with Crippen LogP contribution in [0.15, 0.2) is 18.2 Å². The fraction of sp³-hybridized carbons (Fsp3) is 0.333. The average Bonchev–Trinajstić information content (AvgIpc) is 1.99. The van der Waals surface area contributed by atoms with E-state index in [1.807, 2.05) is 0 Å². The SMILES string of the molecule is CC(N)COc1cc(F)cc(F)c1.Cl. The van der Waals surface area contributed by atoms with Crippen molar-refractivity contribution in [2.45, 2.75) is 13.0 Å². The third-order valence-corrected chi connectivity index (χ3v) is 1.35. The lowest BCUT2D eigenvalue weighted by Crippen LogP contribution is -2.23. The summed E-state index contributed by atoms with van der Waals surface area (Å²) in [5.41, 5.74) is 5.40. The topological polar surface area (TPSA) is 35.2 Å². The Hall–Kier alpha value is -0.870. The zero-order valence-corrected chi connectivity index (χ0v) is 8.48. The van der Waals surface area contributed by atoms with Gasteiger partial charge in [0.15, 0.2) is 0 Å². The minimum Gasteiger partial charge on any atom is -0.492 e. The first-order valence-electron chi connectivity index (χ1n) is 3.92. The Bertz CT molecular complexity index is 274. The highest BCUT2D eigenvalue weighted by atomic mass is 35.5. The average molecular weight is 224 g/mol. The van der Waals surface area contributed by atoms with Gasteiger partial charge < -0.3 is 10.5 Å². The Morgan fingerprint density at radius 1 is 1.29 bits per heavy atom. The minimum absolute atomic E-state index is 0. The number of halogens is 3. The van der Waals surface area contributed by atoms with E-state index < -0.39 is 11.6 Å². The smallest absolute Gasteiger partial charge is 0.129 e. The van der Waals surface area contributed by atoms with Crippen LogP contribution in [-0.4, -0.2) is 12.6 Å². The predicted octanol–water partition coefficient (Wildman–Crippen LogP) is 2.11. The first kappa shape index (κ1) is 13.1. The standard InChI is InChI=1S/C9H11F2NO.ClH/c1-6(12)5-13-9-3-7(10)2-8(11)4-9;/h2-4,6H,5,12H2,1H3;1H. The van der Waals surface area contributed by atoms with Crippen LogP contribution in [0.25, 0.3) is 0 Å². The Kier molecular flexibility index (Phi) is 5.42. The lowest BCUT2D eigenvalue weighted by molar-refractivity contribution is 0.293. The maximum Gasteiger partial charge on any atom is 0.129 e. The molecule has 1 aromatic carbocycles. The van der Waals surface area contributed by atoms with Crippen molar-refractivity contribution in [2.24, 2.45) is 5.73 Å². The van der Waals surface area contributed by atoms with Crippen LogP contribution in [-0.2, 0) is 0 Å². The van der Waals surface area contributed by atoms with Gasteiger partial charge in [0.05, 0.1) is 0 Å². The van der Waals surface area contributed by atoms with Gasteiger partial charge in [-0.3, -0.25) is 0 Å². The van der Waals surface area contributed by atoms with E-state index >= 15 is 0 Å². The summed E-state index contributed by atoms with van der Waals surface area (Å²) in [5.74, 6) is -1.14. The Balaban J connectivity index is 0.00000169. The lowest BCUT2D eigenvalue weighted by Gasteiger charge is -2.08. The summed E-state index contributed by atoms with van der Waals surface area (Å²) in [6.07, 6.45) is 0. The summed E-state index contributed by atoms with van der Waals surface area (Å²) in [6.45, 7) is 1.98. The van der Waals surface area contributed by atoms with Crippen molar-refractivity contribution in [1.29, 1.82) is 0 Å². The van der Waals surface area contributed by atoms with Gasteiger partial charge in [0.2, 0.25) is 0 Å². The molecule has 0 aliphatic carbocycles. The summed E-state index contributed by atoms with van der Waals surface area (Å²) in [4.78, 5) is 0. The Morgan fingerprint density at radius 2 is 1.79 bits per heavy atom. The van der Waals surface area contributed by atoms with Gasteiger partial charge in [-0.2, -0.15) is 0 Å². The van der Waals surface area contributed by atoms with Gasteiger partial charge in [-0.1, -0.05) is 0 Å². The normalized spacial score (nSPS) is 11.7. The van der Waals surface area contributed by atoms with Crippen LogP contribution in [0.4, 0.5) is 8.78 Å². The molecular formula is C9H12ClF2NO. The number of nitrogens with two attached hydrogens (primary N) is 1. The number of hydrogen-bond donors (Lipinski definition) is 1. The van der Waals surface area contributed by atoms with Gasteiger partial charge >= 0.3 is 0 Å². The molecule has 0 spiro atoms. The van der Waals surface area contributed by atoms with E-state index in [9.17, 15) is 8.78 Å². The van der Waals surface area contributed by atoms with Gasteiger partial charge in [0, 0.05) is 24.2 Å². The summed E-state index contributed by atoms with van der Waals surface area (Å²) < 4.78 is 30.2. The van der Waals surface area contributed by atoms with Crippen LogP contribution in [0.2, 0.25) is 0 Å². The van der Waals surface area contributed by atoms with Crippen molar-refractivity contribution in [3.8, 4) is 5.75 Å². The Labute approximate surface area is 87.5 Å².